The van der Waals surface area contributed by atoms with E-state index in [0.29, 0.717) is 6.54 Å². The fourth-order valence-electron chi connectivity index (χ4n) is 2.83. The first-order valence-corrected chi connectivity index (χ1v) is 10.7. The van der Waals surface area contributed by atoms with Crippen molar-refractivity contribution in [3.63, 3.8) is 0 Å². The van der Waals surface area contributed by atoms with Crippen LogP contribution in [-0.2, 0) is 19.9 Å². The Bertz CT molecular complexity index is 774. The molecule has 7 nitrogen and oxygen atoms in total. The molecule has 1 aliphatic rings. The average molecular weight is 362 g/mol. The van der Waals surface area contributed by atoms with Gasteiger partial charge < -0.3 is 10.5 Å². The molecule has 0 spiro atoms. The third-order valence-corrected chi connectivity index (χ3v) is 6.74. The lowest BCUT2D eigenvalue weighted by Gasteiger charge is -2.20. The maximum absolute atomic E-state index is 12.7. The molecule has 0 saturated heterocycles. The molecule has 1 saturated carbocycles. The molecule has 0 aliphatic heterocycles. The van der Waals surface area contributed by atoms with Crippen LogP contribution in [0.2, 0.25) is 0 Å². The number of sulfone groups is 1. The summed E-state index contributed by atoms with van der Waals surface area (Å²) in [5.41, 5.74) is 5.68. The quantitative estimate of drug-likeness (QED) is 0.761. The van der Waals surface area contributed by atoms with Crippen molar-refractivity contribution in [3.8, 4) is 5.75 Å². The topological polar surface area (TPSA) is 116 Å². The SMILES string of the molecule is COc1ccc(S(C)(=O)=O)cc1S(=O)(=O)NC1CCCC1CN. The highest BCUT2D eigenvalue weighted by molar-refractivity contribution is 7.91. The van der Waals surface area contributed by atoms with Gasteiger partial charge >= 0.3 is 0 Å². The number of nitrogens with one attached hydrogen (secondary N) is 1. The van der Waals surface area contributed by atoms with Crippen molar-refractivity contribution in [2.75, 3.05) is 19.9 Å². The largest absolute Gasteiger partial charge is 0.495 e. The summed E-state index contributed by atoms with van der Waals surface area (Å²) < 4.78 is 56.4. The van der Waals surface area contributed by atoms with Crippen LogP contribution in [0.15, 0.2) is 28.0 Å². The molecule has 0 heterocycles. The van der Waals surface area contributed by atoms with Crippen molar-refractivity contribution in [1.82, 2.24) is 4.72 Å². The first-order valence-electron chi connectivity index (χ1n) is 7.29. The Morgan fingerprint density at radius 2 is 1.96 bits per heavy atom. The number of benzene rings is 1. The molecule has 3 N–H and O–H groups in total. The van der Waals surface area contributed by atoms with Gasteiger partial charge in [0.2, 0.25) is 10.0 Å². The van der Waals surface area contributed by atoms with Crippen LogP contribution in [-0.4, -0.2) is 42.8 Å². The van der Waals surface area contributed by atoms with Gasteiger partial charge in [0, 0.05) is 12.3 Å². The van der Waals surface area contributed by atoms with E-state index in [1.54, 1.807) is 0 Å². The van der Waals surface area contributed by atoms with Crippen molar-refractivity contribution < 1.29 is 21.6 Å². The van der Waals surface area contributed by atoms with Crippen molar-refractivity contribution in [3.05, 3.63) is 18.2 Å². The molecule has 0 bridgehead atoms. The molecule has 0 aromatic heterocycles. The number of methoxy groups -OCH3 is 1. The van der Waals surface area contributed by atoms with Gasteiger partial charge in [0.25, 0.3) is 0 Å². The van der Waals surface area contributed by atoms with Crippen LogP contribution in [0.25, 0.3) is 0 Å². The highest BCUT2D eigenvalue weighted by Crippen LogP contribution is 2.30. The van der Waals surface area contributed by atoms with Gasteiger partial charge in [-0.05, 0) is 43.5 Å². The lowest BCUT2D eigenvalue weighted by Crippen LogP contribution is -2.39. The molecule has 1 aromatic carbocycles. The standard InChI is InChI=1S/C14H22N2O5S2/c1-21-13-7-6-11(22(2,17)18)8-14(13)23(19,20)16-12-5-3-4-10(12)9-15/h6-8,10,12,16H,3-5,9,15H2,1-2H3. The lowest BCUT2D eigenvalue weighted by molar-refractivity contribution is 0.400. The summed E-state index contributed by atoms with van der Waals surface area (Å²) in [7, 11) is -6.09. The second-order valence-electron chi connectivity index (χ2n) is 5.74. The van der Waals surface area contributed by atoms with E-state index in [9.17, 15) is 16.8 Å². The maximum atomic E-state index is 12.7. The molecule has 2 atom stereocenters. The number of sulfonamides is 1. The van der Waals surface area contributed by atoms with Gasteiger partial charge in [-0.15, -0.1) is 0 Å². The molecule has 0 radical (unpaired) electrons. The Hall–Kier alpha value is -1.16. The molecule has 9 heteroatoms. The lowest BCUT2D eigenvalue weighted by atomic mass is 10.1. The van der Waals surface area contributed by atoms with Gasteiger partial charge in [-0.25, -0.2) is 21.6 Å². The zero-order valence-electron chi connectivity index (χ0n) is 13.2. The first kappa shape index (κ1) is 18.2. The Kier molecular flexibility index (Phi) is 5.34. The second-order valence-corrected chi connectivity index (χ2v) is 9.44. The summed E-state index contributed by atoms with van der Waals surface area (Å²) in [6, 6.07) is 3.56. The van der Waals surface area contributed by atoms with E-state index >= 15 is 0 Å². The predicted molar refractivity (Wildman–Crippen MR) is 86.6 cm³/mol. The third kappa shape index (κ3) is 4.03. The van der Waals surface area contributed by atoms with Gasteiger partial charge in [0.05, 0.1) is 12.0 Å². The number of hydrogen-bond donors (Lipinski definition) is 2. The molecule has 130 valence electrons. The van der Waals surface area contributed by atoms with Gasteiger partial charge in [-0.2, -0.15) is 0 Å². The van der Waals surface area contributed by atoms with E-state index in [4.69, 9.17) is 10.5 Å². The van der Waals surface area contributed by atoms with Crippen LogP contribution >= 0.6 is 0 Å². The Labute approximate surface area is 137 Å². The van der Waals surface area contributed by atoms with Crippen molar-refractivity contribution in [2.24, 2.45) is 11.7 Å². The van der Waals surface area contributed by atoms with Gasteiger partial charge in [-0.1, -0.05) is 6.42 Å². The molecule has 0 amide bonds. The predicted octanol–water partition coefficient (Wildman–Crippen LogP) is 0.504. The van der Waals surface area contributed by atoms with Crippen LogP contribution in [0.5, 0.6) is 5.75 Å². The normalized spacial score (nSPS) is 22.2. The number of hydrogen-bond acceptors (Lipinski definition) is 6. The molecule has 2 unspecified atom stereocenters. The van der Waals surface area contributed by atoms with Crippen LogP contribution in [0, 0.1) is 5.92 Å². The number of rotatable bonds is 6. The van der Waals surface area contributed by atoms with E-state index in [-0.39, 0.29) is 27.5 Å². The summed E-state index contributed by atoms with van der Waals surface area (Å²) in [6.45, 7) is 0.410. The summed E-state index contributed by atoms with van der Waals surface area (Å²) >= 11 is 0. The van der Waals surface area contributed by atoms with Gasteiger partial charge in [-0.3, -0.25) is 0 Å². The van der Waals surface area contributed by atoms with Crippen molar-refractivity contribution >= 4 is 19.9 Å². The fourth-order valence-corrected chi connectivity index (χ4v) is 5.09. The summed E-state index contributed by atoms with van der Waals surface area (Å²) in [5.74, 6) is 0.195. The minimum Gasteiger partial charge on any atom is -0.495 e. The van der Waals surface area contributed by atoms with E-state index in [1.807, 2.05) is 0 Å². The van der Waals surface area contributed by atoms with Crippen LogP contribution in [0.3, 0.4) is 0 Å². The average Bonchev–Trinajstić information content (AvgIpc) is 2.92. The van der Waals surface area contributed by atoms with Gasteiger partial charge in [0.15, 0.2) is 9.84 Å². The minimum atomic E-state index is -3.91. The highest BCUT2D eigenvalue weighted by Gasteiger charge is 2.32. The number of nitrogens with two attached hydrogens (primary N) is 1. The first-order chi connectivity index (χ1) is 10.7. The van der Waals surface area contributed by atoms with Crippen LogP contribution < -0.4 is 15.2 Å². The zero-order valence-corrected chi connectivity index (χ0v) is 14.8. The summed E-state index contributed by atoms with van der Waals surface area (Å²) in [5, 5.41) is 0. The smallest absolute Gasteiger partial charge is 0.244 e. The number of ether oxygens (including phenoxy) is 1. The minimum absolute atomic E-state index is 0.0690. The Morgan fingerprint density at radius 3 is 2.52 bits per heavy atom. The Balaban J connectivity index is 2.42. The zero-order chi connectivity index (χ0) is 17.3. The molecule has 23 heavy (non-hydrogen) atoms. The maximum Gasteiger partial charge on any atom is 0.244 e. The van der Waals surface area contributed by atoms with Gasteiger partial charge in [0.1, 0.15) is 10.6 Å². The summed E-state index contributed by atoms with van der Waals surface area (Å²) in [4.78, 5) is -0.244. The Morgan fingerprint density at radius 1 is 1.26 bits per heavy atom. The van der Waals surface area contributed by atoms with Crippen molar-refractivity contribution in [2.45, 2.75) is 35.1 Å². The van der Waals surface area contributed by atoms with E-state index in [0.717, 1.165) is 31.6 Å². The second kappa shape index (κ2) is 6.76. The van der Waals surface area contributed by atoms with E-state index in [2.05, 4.69) is 4.72 Å². The van der Waals surface area contributed by atoms with Crippen LogP contribution in [0.1, 0.15) is 19.3 Å². The van der Waals surface area contributed by atoms with E-state index in [1.165, 1.54) is 19.2 Å². The highest BCUT2D eigenvalue weighted by atomic mass is 32.2. The summed E-state index contributed by atoms with van der Waals surface area (Å²) in [6.07, 6.45) is 3.54. The fraction of sp³-hybridized carbons (Fsp3) is 0.571. The monoisotopic (exact) mass is 362 g/mol. The third-order valence-electron chi connectivity index (χ3n) is 4.12. The van der Waals surface area contributed by atoms with Crippen molar-refractivity contribution in [1.29, 1.82) is 0 Å². The molecular weight excluding hydrogens is 340 g/mol. The molecular formula is C14H22N2O5S2. The molecule has 2 rings (SSSR count). The molecule has 1 aromatic rings. The van der Waals surface area contributed by atoms with Crippen LogP contribution in [0.4, 0.5) is 0 Å². The molecule has 1 fully saturated rings. The van der Waals surface area contributed by atoms with E-state index < -0.39 is 19.9 Å². The molecule has 1 aliphatic carbocycles.